The molecule has 2 bridgehead atoms. The Balaban J connectivity index is 1.54. The third kappa shape index (κ3) is 2.87. The Labute approximate surface area is 110 Å². The van der Waals surface area contributed by atoms with Gasteiger partial charge in [-0.25, -0.2) is 0 Å². The molecule has 1 N–H and O–H groups in total. The van der Waals surface area contributed by atoms with E-state index < -0.39 is 0 Å². The molecular weight excluding hydrogens is 228 g/mol. The molecule has 0 aromatic heterocycles. The lowest BCUT2D eigenvalue weighted by Gasteiger charge is -2.39. The van der Waals surface area contributed by atoms with E-state index in [1.165, 1.54) is 25.7 Å². The van der Waals surface area contributed by atoms with Crippen molar-refractivity contribution >= 4 is 0 Å². The van der Waals surface area contributed by atoms with Gasteiger partial charge >= 0.3 is 0 Å². The topological polar surface area (TPSA) is 33.7 Å². The summed E-state index contributed by atoms with van der Waals surface area (Å²) in [5.41, 5.74) is 0. The van der Waals surface area contributed by atoms with Crippen molar-refractivity contribution in [3.05, 3.63) is 0 Å². The Morgan fingerprint density at radius 3 is 2.56 bits per heavy atom. The van der Waals surface area contributed by atoms with Crippen LogP contribution in [-0.2, 0) is 9.47 Å². The number of nitrogens with one attached hydrogen (secondary N) is 1. The Kier molecular flexibility index (Phi) is 4.19. The predicted octanol–water partition coefficient (Wildman–Crippen LogP) is 1.35. The van der Waals surface area contributed by atoms with Gasteiger partial charge in [-0.05, 0) is 38.6 Å². The lowest BCUT2D eigenvalue weighted by molar-refractivity contribution is -0.146. The minimum atomic E-state index is 0.381. The monoisotopic (exact) mass is 254 g/mol. The van der Waals surface area contributed by atoms with Crippen molar-refractivity contribution < 1.29 is 9.47 Å². The largest absolute Gasteiger partial charge is 0.355 e. The van der Waals surface area contributed by atoms with Gasteiger partial charge in [0.1, 0.15) is 6.79 Å². The summed E-state index contributed by atoms with van der Waals surface area (Å²) < 4.78 is 10.9. The molecule has 3 saturated heterocycles. The average molecular weight is 254 g/mol. The highest BCUT2D eigenvalue weighted by atomic mass is 16.7. The van der Waals surface area contributed by atoms with Gasteiger partial charge in [-0.15, -0.1) is 0 Å². The third-order valence-corrected chi connectivity index (χ3v) is 4.78. The first kappa shape index (κ1) is 12.9. The summed E-state index contributed by atoms with van der Waals surface area (Å²) in [6.07, 6.45) is 6.85. The molecule has 0 aromatic carbocycles. The van der Waals surface area contributed by atoms with Crippen LogP contribution in [0.15, 0.2) is 0 Å². The van der Waals surface area contributed by atoms with Crippen LogP contribution < -0.4 is 5.32 Å². The Hall–Kier alpha value is -0.160. The first-order valence-corrected chi connectivity index (χ1v) is 7.54. The van der Waals surface area contributed by atoms with Crippen molar-refractivity contribution in [2.75, 3.05) is 26.5 Å². The van der Waals surface area contributed by atoms with Gasteiger partial charge < -0.3 is 14.8 Å². The molecule has 0 aromatic rings. The number of fused-ring (bicyclic) bond motifs is 2. The first-order chi connectivity index (χ1) is 8.85. The van der Waals surface area contributed by atoms with E-state index in [0.29, 0.717) is 12.9 Å². The van der Waals surface area contributed by atoms with E-state index in [0.717, 1.165) is 44.2 Å². The first-order valence-electron chi connectivity index (χ1n) is 7.54. The lowest BCUT2D eigenvalue weighted by Crippen LogP contribution is -2.50. The molecule has 0 spiro atoms. The zero-order chi connectivity index (χ0) is 12.4. The third-order valence-electron chi connectivity index (χ3n) is 4.78. The van der Waals surface area contributed by atoms with Gasteiger partial charge in [0.15, 0.2) is 0 Å². The van der Waals surface area contributed by atoms with Gasteiger partial charge in [0.2, 0.25) is 0 Å². The molecule has 3 fully saturated rings. The van der Waals surface area contributed by atoms with Gasteiger partial charge in [0, 0.05) is 24.7 Å². The SMILES string of the molecule is CCN(CC1CCOCO1)C1CC2CCC(C1)N2. The zero-order valence-corrected chi connectivity index (χ0v) is 11.4. The summed E-state index contributed by atoms with van der Waals surface area (Å²) in [4.78, 5) is 2.64. The van der Waals surface area contributed by atoms with E-state index in [1.54, 1.807) is 0 Å². The van der Waals surface area contributed by atoms with Gasteiger partial charge in [0.25, 0.3) is 0 Å². The van der Waals surface area contributed by atoms with Crippen LogP contribution >= 0.6 is 0 Å². The van der Waals surface area contributed by atoms with Gasteiger partial charge in [-0.1, -0.05) is 6.92 Å². The Morgan fingerprint density at radius 1 is 1.17 bits per heavy atom. The Morgan fingerprint density at radius 2 is 1.94 bits per heavy atom. The van der Waals surface area contributed by atoms with Crippen molar-refractivity contribution in [3.8, 4) is 0 Å². The summed E-state index contributed by atoms with van der Waals surface area (Å²) in [7, 11) is 0. The van der Waals surface area contributed by atoms with E-state index in [1.807, 2.05) is 0 Å². The molecule has 0 aliphatic carbocycles. The average Bonchev–Trinajstić information content (AvgIpc) is 2.76. The number of rotatable bonds is 4. The fourth-order valence-electron chi connectivity index (χ4n) is 3.77. The van der Waals surface area contributed by atoms with Crippen LogP contribution in [0.1, 0.15) is 39.0 Å². The maximum Gasteiger partial charge on any atom is 0.147 e. The molecular formula is C14H26N2O2. The Bertz CT molecular complexity index is 257. The van der Waals surface area contributed by atoms with Crippen molar-refractivity contribution in [1.82, 2.24) is 10.2 Å². The number of ether oxygens (including phenoxy) is 2. The van der Waals surface area contributed by atoms with Crippen LogP contribution in [0.3, 0.4) is 0 Å². The molecule has 3 unspecified atom stereocenters. The standard InChI is InChI=1S/C14H26N2O2/c1-2-16(9-14-5-6-17-10-18-14)13-7-11-3-4-12(8-13)15-11/h11-15H,2-10H2,1H3. The van der Waals surface area contributed by atoms with Crippen molar-refractivity contribution in [2.24, 2.45) is 0 Å². The van der Waals surface area contributed by atoms with Crippen LogP contribution in [0.4, 0.5) is 0 Å². The molecule has 18 heavy (non-hydrogen) atoms. The van der Waals surface area contributed by atoms with Crippen molar-refractivity contribution in [3.63, 3.8) is 0 Å². The second-order valence-electron chi connectivity index (χ2n) is 5.95. The molecule has 0 radical (unpaired) electrons. The maximum atomic E-state index is 5.69. The van der Waals surface area contributed by atoms with E-state index >= 15 is 0 Å². The van der Waals surface area contributed by atoms with E-state index in [-0.39, 0.29) is 0 Å². The molecule has 3 aliphatic rings. The molecule has 0 saturated carbocycles. The summed E-state index contributed by atoms with van der Waals surface area (Å²) in [5.74, 6) is 0. The highest BCUT2D eigenvalue weighted by Crippen LogP contribution is 2.30. The molecule has 3 heterocycles. The van der Waals surface area contributed by atoms with E-state index in [2.05, 4.69) is 17.1 Å². The molecule has 0 amide bonds. The van der Waals surface area contributed by atoms with Crippen LogP contribution in [0, 0.1) is 0 Å². The fourth-order valence-corrected chi connectivity index (χ4v) is 3.77. The summed E-state index contributed by atoms with van der Waals surface area (Å²) >= 11 is 0. The highest BCUT2D eigenvalue weighted by molar-refractivity contribution is 4.95. The van der Waals surface area contributed by atoms with Crippen LogP contribution in [0.25, 0.3) is 0 Å². The molecule has 104 valence electrons. The molecule has 4 heteroatoms. The number of hydrogen-bond acceptors (Lipinski definition) is 4. The number of likely N-dealkylation sites (N-methyl/N-ethyl adjacent to an activating group) is 1. The number of piperidine rings is 1. The molecule has 3 atom stereocenters. The second-order valence-corrected chi connectivity index (χ2v) is 5.95. The van der Waals surface area contributed by atoms with Gasteiger partial charge in [-0.2, -0.15) is 0 Å². The predicted molar refractivity (Wildman–Crippen MR) is 70.5 cm³/mol. The molecule has 3 aliphatic heterocycles. The second kappa shape index (κ2) is 5.87. The number of hydrogen-bond donors (Lipinski definition) is 1. The maximum absolute atomic E-state index is 5.69. The quantitative estimate of drug-likeness (QED) is 0.821. The summed E-state index contributed by atoms with van der Waals surface area (Å²) in [6, 6.07) is 2.32. The molecule has 3 rings (SSSR count). The van der Waals surface area contributed by atoms with Gasteiger partial charge in [0.05, 0.1) is 12.7 Å². The number of nitrogens with zero attached hydrogens (tertiary/aromatic N) is 1. The minimum absolute atomic E-state index is 0.381. The fraction of sp³-hybridized carbons (Fsp3) is 1.00. The summed E-state index contributed by atoms with van der Waals surface area (Å²) in [5, 5.41) is 3.72. The summed E-state index contributed by atoms with van der Waals surface area (Å²) in [6.45, 7) is 5.86. The highest BCUT2D eigenvalue weighted by Gasteiger charge is 2.36. The van der Waals surface area contributed by atoms with Crippen LogP contribution in [0.5, 0.6) is 0 Å². The smallest absolute Gasteiger partial charge is 0.147 e. The van der Waals surface area contributed by atoms with E-state index in [9.17, 15) is 0 Å². The molecule has 4 nitrogen and oxygen atoms in total. The lowest BCUT2D eigenvalue weighted by atomic mass is 9.97. The zero-order valence-electron chi connectivity index (χ0n) is 11.4. The van der Waals surface area contributed by atoms with Crippen molar-refractivity contribution in [1.29, 1.82) is 0 Å². The normalized spacial score (nSPS) is 40.3. The van der Waals surface area contributed by atoms with Crippen molar-refractivity contribution in [2.45, 2.75) is 63.3 Å². The minimum Gasteiger partial charge on any atom is -0.355 e. The van der Waals surface area contributed by atoms with Crippen LogP contribution in [0.2, 0.25) is 0 Å². The van der Waals surface area contributed by atoms with Crippen LogP contribution in [-0.4, -0.2) is 55.6 Å². The van der Waals surface area contributed by atoms with Gasteiger partial charge in [-0.3, -0.25) is 4.90 Å². The van der Waals surface area contributed by atoms with E-state index in [4.69, 9.17) is 9.47 Å².